The normalized spacial score (nSPS) is 17.4. The number of guanidine groups is 1. The van der Waals surface area contributed by atoms with Gasteiger partial charge in [0.1, 0.15) is 5.75 Å². The van der Waals surface area contributed by atoms with Crippen LogP contribution in [0.25, 0.3) is 0 Å². The van der Waals surface area contributed by atoms with E-state index >= 15 is 0 Å². The molecule has 0 bridgehead atoms. The first kappa shape index (κ1) is 21.1. The SMILES string of the molecule is CCNC(=NCc1ccc(S(N)(=O)=O)cc1)N1CCC(c2ccc(OC)cc2)C1. The number of hydrogen-bond donors (Lipinski definition) is 2. The lowest BCUT2D eigenvalue weighted by Crippen LogP contribution is -2.40. The van der Waals surface area contributed by atoms with Gasteiger partial charge in [-0.05, 0) is 48.7 Å². The highest BCUT2D eigenvalue weighted by Gasteiger charge is 2.26. The zero-order valence-electron chi connectivity index (χ0n) is 16.8. The van der Waals surface area contributed by atoms with E-state index < -0.39 is 10.0 Å². The molecule has 1 fully saturated rings. The van der Waals surface area contributed by atoms with E-state index in [1.54, 1.807) is 19.2 Å². The molecule has 0 aliphatic carbocycles. The number of nitrogens with one attached hydrogen (secondary N) is 1. The third kappa shape index (κ3) is 5.48. The number of sulfonamides is 1. The quantitative estimate of drug-likeness (QED) is 0.556. The molecule has 8 heteroatoms. The van der Waals surface area contributed by atoms with Crippen molar-refractivity contribution in [1.82, 2.24) is 10.2 Å². The molecule has 2 aromatic rings. The van der Waals surface area contributed by atoms with Crippen LogP contribution < -0.4 is 15.2 Å². The molecule has 3 N–H and O–H groups in total. The molecule has 0 spiro atoms. The summed E-state index contributed by atoms with van der Waals surface area (Å²) < 4.78 is 28.0. The second kappa shape index (κ2) is 9.28. The summed E-state index contributed by atoms with van der Waals surface area (Å²) >= 11 is 0. The Balaban J connectivity index is 1.67. The minimum Gasteiger partial charge on any atom is -0.497 e. The van der Waals surface area contributed by atoms with Crippen molar-refractivity contribution >= 4 is 16.0 Å². The first-order valence-electron chi connectivity index (χ1n) is 9.69. The highest BCUT2D eigenvalue weighted by Crippen LogP contribution is 2.28. The number of likely N-dealkylation sites (tertiary alicyclic amines) is 1. The van der Waals surface area contributed by atoms with E-state index in [0.29, 0.717) is 12.5 Å². The molecular formula is C21H28N4O3S. The van der Waals surface area contributed by atoms with Crippen molar-refractivity contribution < 1.29 is 13.2 Å². The number of aliphatic imine (C=N–C) groups is 1. The Bertz CT molecular complexity index is 941. The summed E-state index contributed by atoms with van der Waals surface area (Å²) in [6.07, 6.45) is 1.07. The Morgan fingerprint density at radius 3 is 2.48 bits per heavy atom. The van der Waals surface area contributed by atoms with Gasteiger partial charge in [0.2, 0.25) is 10.0 Å². The minimum absolute atomic E-state index is 0.110. The third-order valence-corrected chi connectivity index (χ3v) is 6.00. The van der Waals surface area contributed by atoms with E-state index in [0.717, 1.165) is 43.3 Å². The van der Waals surface area contributed by atoms with Gasteiger partial charge in [0.15, 0.2) is 5.96 Å². The molecule has 0 radical (unpaired) electrons. The van der Waals surface area contributed by atoms with Crippen LogP contribution in [0.5, 0.6) is 5.75 Å². The molecule has 1 aliphatic heterocycles. The van der Waals surface area contributed by atoms with Crippen molar-refractivity contribution in [2.24, 2.45) is 10.1 Å². The summed E-state index contributed by atoms with van der Waals surface area (Å²) in [5.41, 5.74) is 2.24. The molecule has 1 aliphatic rings. The van der Waals surface area contributed by atoms with E-state index in [1.165, 1.54) is 17.7 Å². The van der Waals surface area contributed by atoms with Crippen molar-refractivity contribution in [2.45, 2.75) is 30.7 Å². The van der Waals surface area contributed by atoms with Gasteiger partial charge in [0.05, 0.1) is 18.6 Å². The maximum absolute atomic E-state index is 11.4. The fourth-order valence-electron chi connectivity index (χ4n) is 3.48. The molecule has 0 amide bonds. The monoisotopic (exact) mass is 416 g/mol. The van der Waals surface area contributed by atoms with Crippen molar-refractivity contribution in [2.75, 3.05) is 26.7 Å². The molecule has 0 aromatic heterocycles. The number of hydrogen-bond acceptors (Lipinski definition) is 4. The van der Waals surface area contributed by atoms with Crippen LogP contribution in [0.1, 0.15) is 30.4 Å². The van der Waals surface area contributed by atoms with Crippen LogP contribution in [0.15, 0.2) is 58.4 Å². The zero-order valence-corrected chi connectivity index (χ0v) is 17.7. The molecule has 7 nitrogen and oxygen atoms in total. The lowest BCUT2D eigenvalue weighted by Gasteiger charge is -2.22. The highest BCUT2D eigenvalue weighted by molar-refractivity contribution is 7.89. The lowest BCUT2D eigenvalue weighted by molar-refractivity contribution is 0.414. The maximum atomic E-state index is 11.4. The van der Waals surface area contributed by atoms with Crippen LogP contribution >= 0.6 is 0 Å². The molecule has 2 aromatic carbocycles. The van der Waals surface area contributed by atoms with Crippen LogP contribution in [0.2, 0.25) is 0 Å². The van der Waals surface area contributed by atoms with Gasteiger partial charge in [-0.3, -0.25) is 0 Å². The van der Waals surface area contributed by atoms with Gasteiger partial charge in [-0.15, -0.1) is 0 Å². The third-order valence-electron chi connectivity index (χ3n) is 5.07. The van der Waals surface area contributed by atoms with Gasteiger partial charge in [0, 0.05) is 25.6 Å². The van der Waals surface area contributed by atoms with Gasteiger partial charge in [-0.25, -0.2) is 18.5 Å². The fraction of sp³-hybridized carbons (Fsp3) is 0.381. The van der Waals surface area contributed by atoms with E-state index in [4.69, 9.17) is 14.9 Å². The summed E-state index contributed by atoms with van der Waals surface area (Å²) in [7, 11) is -2.00. The van der Waals surface area contributed by atoms with Crippen LogP contribution in [-0.2, 0) is 16.6 Å². The fourth-order valence-corrected chi connectivity index (χ4v) is 3.99. The zero-order chi connectivity index (χ0) is 20.9. The molecular weight excluding hydrogens is 388 g/mol. The second-order valence-electron chi connectivity index (χ2n) is 7.06. The summed E-state index contributed by atoms with van der Waals surface area (Å²) in [5.74, 6) is 2.20. The van der Waals surface area contributed by atoms with Gasteiger partial charge in [-0.2, -0.15) is 0 Å². The van der Waals surface area contributed by atoms with E-state index in [1.807, 2.05) is 19.1 Å². The number of nitrogens with zero attached hydrogens (tertiary/aromatic N) is 2. The molecule has 29 heavy (non-hydrogen) atoms. The largest absolute Gasteiger partial charge is 0.497 e. The number of methoxy groups -OCH3 is 1. The van der Waals surface area contributed by atoms with Crippen LogP contribution in [-0.4, -0.2) is 46.0 Å². The number of benzene rings is 2. The Morgan fingerprint density at radius 2 is 1.90 bits per heavy atom. The summed E-state index contributed by atoms with van der Waals surface area (Å²) in [4.78, 5) is 7.13. The maximum Gasteiger partial charge on any atom is 0.238 e. The van der Waals surface area contributed by atoms with Crippen molar-refractivity contribution in [3.05, 3.63) is 59.7 Å². The predicted molar refractivity (Wildman–Crippen MR) is 115 cm³/mol. The van der Waals surface area contributed by atoms with Crippen LogP contribution in [0, 0.1) is 0 Å². The second-order valence-corrected chi connectivity index (χ2v) is 8.63. The Morgan fingerprint density at radius 1 is 1.21 bits per heavy atom. The lowest BCUT2D eigenvalue weighted by atomic mass is 9.98. The predicted octanol–water partition coefficient (Wildman–Crippen LogP) is 2.30. The average molecular weight is 417 g/mol. The van der Waals surface area contributed by atoms with E-state index in [9.17, 15) is 8.42 Å². The smallest absolute Gasteiger partial charge is 0.238 e. The van der Waals surface area contributed by atoms with Crippen molar-refractivity contribution in [3.63, 3.8) is 0 Å². The van der Waals surface area contributed by atoms with Crippen LogP contribution in [0.3, 0.4) is 0 Å². The molecule has 1 atom stereocenters. The van der Waals surface area contributed by atoms with Crippen molar-refractivity contribution in [3.8, 4) is 5.75 Å². The first-order valence-corrected chi connectivity index (χ1v) is 11.2. The highest BCUT2D eigenvalue weighted by atomic mass is 32.2. The summed E-state index contributed by atoms with van der Waals surface area (Å²) in [6, 6.07) is 14.8. The Hall–Kier alpha value is -2.58. The van der Waals surface area contributed by atoms with Gasteiger partial charge >= 0.3 is 0 Å². The van der Waals surface area contributed by atoms with Crippen molar-refractivity contribution in [1.29, 1.82) is 0 Å². The summed E-state index contributed by atoms with van der Waals surface area (Å²) in [6.45, 7) is 5.15. The molecule has 1 unspecified atom stereocenters. The molecule has 1 heterocycles. The Labute approximate surface area is 172 Å². The van der Waals surface area contributed by atoms with Crippen LogP contribution in [0.4, 0.5) is 0 Å². The topological polar surface area (TPSA) is 97.0 Å². The number of ether oxygens (including phenoxy) is 1. The number of nitrogens with two attached hydrogens (primary N) is 1. The Kier molecular flexibility index (Phi) is 6.76. The minimum atomic E-state index is -3.67. The standard InChI is InChI=1S/C21H28N4O3S/c1-3-23-21(24-14-16-4-10-20(11-5-16)29(22,26)27)25-13-12-18(15-25)17-6-8-19(28-2)9-7-17/h4-11,18H,3,12-15H2,1-2H3,(H,23,24)(H2,22,26,27). The van der Waals surface area contributed by atoms with Gasteiger partial charge in [0.25, 0.3) is 0 Å². The molecule has 0 saturated carbocycles. The first-order chi connectivity index (χ1) is 13.9. The van der Waals surface area contributed by atoms with Gasteiger partial charge < -0.3 is 15.0 Å². The number of primary sulfonamides is 1. The number of rotatable bonds is 6. The average Bonchev–Trinajstić information content (AvgIpc) is 3.21. The van der Waals surface area contributed by atoms with Gasteiger partial charge in [-0.1, -0.05) is 24.3 Å². The molecule has 1 saturated heterocycles. The van der Waals surface area contributed by atoms with E-state index in [-0.39, 0.29) is 4.90 Å². The van der Waals surface area contributed by atoms with E-state index in [2.05, 4.69) is 22.3 Å². The molecule has 3 rings (SSSR count). The summed E-state index contributed by atoms with van der Waals surface area (Å²) in [5, 5.41) is 8.51. The molecule has 156 valence electrons.